The number of benzene rings is 1. The van der Waals surface area contributed by atoms with Gasteiger partial charge >= 0.3 is 0 Å². The number of hydrogen-bond donors (Lipinski definition) is 1. The van der Waals surface area contributed by atoms with E-state index in [-0.39, 0.29) is 5.91 Å². The Kier molecular flexibility index (Phi) is 4.96. The summed E-state index contributed by atoms with van der Waals surface area (Å²) in [6.45, 7) is 3.64. The molecule has 0 bridgehead atoms. The average molecular weight is 272 g/mol. The predicted octanol–water partition coefficient (Wildman–Crippen LogP) is 2.58. The van der Waals surface area contributed by atoms with E-state index < -0.39 is 0 Å². The van der Waals surface area contributed by atoms with E-state index in [2.05, 4.69) is 0 Å². The van der Waals surface area contributed by atoms with Gasteiger partial charge in [-0.2, -0.15) is 0 Å². The summed E-state index contributed by atoms with van der Waals surface area (Å²) in [6.07, 6.45) is 2.30. The van der Waals surface area contributed by atoms with Gasteiger partial charge in [0.1, 0.15) is 12.0 Å². The van der Waals surface area contributed by atoms with Crippen LogP contribution in [0.5, 0.6) is 0 Å². The molecule has 0 aliphatic carbocycles. The van der Waals surface area contributed by atoms with Crippen molar-refractivity contribution in [1.29, 1.82) is 0 Å². The van der Waals surface area contributed by atoms with Gasteiger partial charge in [-0.15, -0.1) is 0 Å². The van der Waals surface area contributed by atoms with Crippen molar-refractivity contribution in [2.45, 2.75) is 19.9 Å². The lowest BCUT2D eigenvalue weighted by atomic mass is 10.2. The number of carbonyl (C=O) groups excluding carboxylic acids is 1. The highest BCUT2D eigenvalue weighted by molar-refractivity contribution is 5.94. The van der Waals surface area contributed by atoms with Crippen molar-refractivity contribution in [1.82, 2.24) is 4.90 Å². The van der Waals surface area contributed by atoms with E-state index in [4.69, 9.17) is 10.2 Å². The molecule has 20 heavy (non-hydrogen) atoms. The molecule has 0 unspecified atom stereocenters. The fourth-order valence-electron chi connectivity index (χ4n) is 2.08. The SMILES string of the molecule is Cc1cc(C(=O)N(CCCN)Cc2ccccc2)co1. The van der Waals surface area contributed by atoms with Crippen LogP contribution in [0, 0.1) is 6.92 Å². The number of amides is 1. The van der Waals surface area contributed by atoms with E-state index in [1.165, 1.54) is 6.26 Å². The molecule has 0 fully saturated rings. The first-order chi connectivity index (χ1) is 9.70. The zero-order valence-electron chi connectivity index (χ0n) is 11.7. The molecule has 0 spiro atoms. The molecule has 4 heteroatoms. The zero-order valence-corrected chi connectivity index (χ0v) is 11.7. The maximum absolute atomic E-state index is 12.5. The van der Waals surface area contributed by atoms with E-state index in [9.17, 15) is 4.79 Å². The van der Waals surface area contributed by atoms with Crippen LogP contribution >= 0.6 is 0 Å². The van der Waals surface area contributed by atoms with Crippen molar-refractivity contribution in [2.75, 3.05) is 13.1 Å². The third-order valence-electron chi connectivity index (χ3n) is 3.11. The van der Waals surface area contributed by atoms with Crippen LogP contribution in [0.3, 0.4) is 0 Å². The fraction of sp³-hybridized carbons (Fsp3) is 0.312. The molecular weight excluding hydrogens is 252 g/mol. The van der Waals surface area contributed by atoms with Crippen LogP contribution in [0.25, 0.3) is 0 Å². The van der Waals surface area contributed by atoms with Gasteiger partial charge in [0, 0.05) is 13.1 Å². The molecule has 2 aromatic rings. The third-order valence-corrected chi connectivity index (χ3v) is 3.11. The Morgan fingerprint density at radius 2 is 2.05 bits per heavy atom. The number of nitrogens with two attached hydrogens (primary N) is 1. The summed E-state index contributed by atoms with van der Waals surface area (Å²) in [5.41, 5.74) is 7.26. The van der Waals surface area contributed by atoms with Crippen LogP contribution in [-0.4, -0.2) is 23.9 Å². The molecule has 1 aromatic carbocycles. The number of nitrogens with zero attached hydrogens (tertiary/aromatic N) is 1. The minimum Gasteiger partial charge on any atom is -0.469 e. The van der Waals surface area contributed by atoms with Gasteiger partial charge in [-0.3, -0.25) is 4.79 Å². The van der Waals surface area contributed by atoms with Gasteiger partial charge in [-0.25, -0.2) is 0 Å². The van der Waals surface area contributed by atoms with Gasteiger partial charge in [-0.1, -0.05) is 30.3 Å². The van der Waals surface area contributed by atoms with Crippen LogP contribution in [0.1, 0.15) is 28.1 Å². The molecule has 4 nitrogen and oxygen atoms in total. The fourth-order valence-corrected chi connectivity index (χ4v) is 2.08. The molecule has 1 heterocycles. The molecule has 0 radical (unpaired) electrons. The molecular formula is C16H20N2O2. The second-order valence-corrected chi connectivity index (χ2v) is 4.80. The van der Waals surface area contributed by atoms with Crippen molar-refractivity contribution < 1.29 is 9.21 Å². The van der Waals surface area contributed by atoms with Crippen molar-refractivity contribution in [3.05, 3.63) is 59.5 Å². The Bertz CT molecular complexity index is 549. The Hall–Kier alpha value is -2.07. The average Bonchev–Trinajstić information content (AvgIpc) is 2.90. The number of furan rings is 1. The highest BCUT2D eigenvalue weighted by atomic mass is 16.3. The smallest absolute Gasteiger partial charge is 0.257 e. The van der Waals surface area contributed by atoms with Crippen LogP contribution in [0.4, 0.5) is 0 Å². The molecule has 106 valence electrons. The summed E-state index contributed by atoms with van der Waals surface area (Å²) in [5, 5.41) is 0. The van der Waals surface area contributed by atoms with Crippen molar-refractivity contribution in [3.8, 4) is 0 Å². The minimum atomic E-state index is -0.0147. The lowest BCUT2D eigenvalue weighted by molar-refractivity contribution is 0.0741. The standard InChI is InChI=1S/C16H20N2O2/c1-13-10-15(12-20-13)16(19)18(9-5-8-17)11-14-6-3-2-4-7-14/h2-4,6-7,10,12H,5,8-9,11,17H2,1H3. The summed E-state index contributed by atoms with van der Waals surface area (Å²) >= 11 is 0. The normalized spacial score (nSPS) is 10.5. The van der Waals surface area contributed by atoms with Gasteiger partial charge < -0.3 is 15.1 Å². The van der Waals surface area contributed by atoms with Gasteiger partial charge in [-0.05, 0) is 31.5 Å². The highest BCUT2D eigenvalue weighted by Crippen LogP contribution is 2.13. The summed E-state index contributed by atoms with van der Waals surface area (Å²) < 4.78 is 5.22. The molecule has 0 atom stereocenters. The summed E-state index contributed by atoms with van der Waals surface area (Å²) in [5.74, 6) is 0.728. The molecule has 0 aliphatic rings. The summed E-state index contributed by atoms with van der Waals surface area (Å²) in [6, 6.07) is 11.7. The van der Waals surface area contributed by atoms with E-state index in [1.807, 2.05) is 42.2 Å². The molecule has 2 N–H and O–H groups in total. The quantitative estimate of drug-likeness (QED) is 0.879. The van der Waals surface area contributed by atoms with Crippen molar-refractivity contribution >= 4 is 5.91 Å². The third kappa shape index (κ3) is 3.71. The molecule has 1 aromatic heterocycles. The lowest BCUT2D eigenvalue weighted by Crippen LogP contribution is -2.32. The lowest BCUT2D eigenvalue weighted by Gasteiger charge is -2.22. The maximum atomic E-state index is 12.5. The number of carbonyl (C=O) groups is 1. The van der Waals surface area contributed by atoms with Crippen molar-refractivity contribution in [2.24, 2.45) is 5.73 Å². The van der Waals surface area contributed by atoms with Gasteiger partial charge in [0.05, 0.1) is 5.56 Å². The van der Waals surface area contributed by atoms with Crippen LogP contribution in [0.15, 0.2) is 47.1 Å². The largest absolute Gasteiger partial charge is 0.469 e. The summed E-state index contributed by atoms with van der Waals surface area (Å²) in [4.78, 5) is 14.3. The van der Waals surface area contributed by atoms with E-state index >= 15 is 0 Å². The monoisotopic (exact) mass is 272 g/mol. The van der Waals surface area contributed by atoms with Crippen molar-refractivity contribution in [3.63, 3.8) is 0 Å². The molecule has 0 aliphatic heterocycles. The Balaban J connectivity index is 2.12. The first-order valence-electron chi connectivity index (χ1n) is 6.79. The van der Waals surface area contributed by atoms with Gasteiger partial charge in [0.2, 0.25) is 0 Å². The zero-order chi connectivity index (χ0) is 14.4. The number of rotatable bonds is 6. The van der Waals surface area contributed by atoms with E-state index in [1.54, 1.807) is 6.07 Å². The van der Waals surface area contributed by atoms with E-state index in [0.29, 0.717) is 25.2 Å². The predicted molar refractivity (Wildman–Crippen MR) is 78.3 cm³/mol. The van der Waals surface area contributed by atoms with E-state index in [0.717, 1.165) is 17.7 Å². The Labute approximate surface area is 119 Å². The number of hydrogen-bond acceptors (Lipinski definition) is 3. The molecule has 0 saturated carbocycles. The maximum Gasteiger partial charge on any atom is 0.257 e. The van der Waals surface area contributed by atoms with Gasteiger partial charge in [0.15, 0.2) is 0 Å². The molecule has 0 saturated heterocycles. The second-order valence-electron chi connectivity index (χ2n) is 4.80. The number of aryl methyl sites for hydroxylation is 1. The van der Waals surface area contributed by atoms with Crippen LogP contribution in [-0.2, 0) is 6.54 Å². The first-order valence-corrected chi connectivity index (χ1v) is 6.79. The minimum absolute atomic E-state index is 0.0147. The van der Waals surface area contributed by atoms with Crippen LogP contribution in [0.2, 0.25) is 0 Å². The highest BCUT2D eigenvalue weighted by Gasteiger charge is 2.17. The molecule has 2 rings (SSSR count). The topological polar surface area (TPSA) is 59.5 Å². The first kappa shape index (κ1) is 14.3. The summed E-state index contributed by atoms with van der Waals surface area (Å²) in [7, 11) is 0. The Morgan fingerprint density at radius 1 is 1.30 bits per heavy atom. The second kappa shape index (κ2) is 6.91. The van der Waals surface area contributed by atoms with Gasteiger partial charge in [0.25, 0.3) is 5.91 Å². The Morgan fingerprint density at radius 3 is 2.65 bits per heavy atom. The van der Waals surface area contributed by atoms with Crippen LogP contribution < -0.4 is 5.73 Å². The molecule has 1 amide bonds.